The van der Waals surface area contributed by atoms with E-state index in [9.17, 15) is 0 Å². The molecule has 0 spiro atoms. The van der Waals surface area contributed by atoms with Crippen molar-refractivity contribution >= 4 is 5.82 Å². The van der Waals surface area contributed by atoms with Crippen molar-refractivity contribution in [3.63, 3.8) is 0 Å². The van der Waals surface area contributed by atoms with Gasteiger partial charge in [0.1, 0.15) is 11.6 Å². The van der Waals surface area contributed by atoms with Crippen LogP contribution in [0, 0.1) is 6.92 Å². The molecule has 0 N–H and O–H groups in total. The third-order valence-electron chi connectivity index (χ3n) is 4.28. The summed E-state index contributed by atoms with van der Waals surface area (Å²) in [4.78, 5) is 15.4. The highest BCUT2D eigenvalue weighted by Gasteiger charge is 2.17. The number of pyridine rings is 1. The van der Waals surface area contributed by atoms with Crippen LogP contribution in [0.2, 0.25) is 0 Å². The van der Waals surface area contributed by atoms with Crippen LogP contribution < -0.4 is 4.90 Å². The maximum atomic E-state index is 5.33. The number of aromatic nitrogens is 5. The Bertz CT molecular complexity index is 1020. The normalized spacial score (nSPS) is 10.9. The summed E-state index contributed by atoms with van der Waals surface area (Å²) < 4.78 is 7.47. The van der Waals surface area contributed by atoms with Crippen LogP contribution in [0.25, 0.3) is 11.5 Å². The van der Waals surface area contributed by atoms with E-state index < -0.39 is 0 Å². The van der Waals surface area contributed by atoms with Gasteiger partial charge in [0.25, 0.3) is 5.89 Å². The van der Waals surface area contributed by atoms with Gasteiger partial charge in [-0.2, -0.15) is 4.98 Å². The summed E-state index contributed by atoms with van der Waals surface area (Å²) in [7, 11) is 1.98. The molecule has 0 saturated carbocycles. The lowest BCUT2D eigenvalue weighted by molar-refractivity contribution is 0.425. The molecule has 0 aliphatic heterocycles. The molecule has 0 radical (unpaired) electrons. The molecule has 4 rings (SSSR count). The van der Waals surface area contributed by atoms with Crippen LogP contribution in [0.5, 0.6) is 0 Å². The minimum Gasteiger partial charge on any atom is -0.352 e. The number of benzene rings is 1. The zero-order chi connectivity index (χ0) is 18.6. The fourth-order valence-electron chi connectivity index (χ4n) is 2.98. The lowest BCUT2D eigenvalue weighted by atomic mass is 10.2. The van der Waals surface area contributed by atoms with Gasteiger partial charge in [-0.25, -0.2) is 9.97 Å². The molecular formula is C20H20N6O. The van der Waals surface area contributed by atoms with Gasteiger partial charge in [0.15, 0.2) is 5.82 Å². The maximum absolute atomic E-state index is 5.33. The van der Waals surface area contributed by atoms with Gasteiger partial charge in [0.05, 0.1) is 12.1 Å². The third kappa shape index (κ3) is 3.72. The molecule has 7 nitrogen and oxygen atoms in total. The van der Waals surface area contributed by atoms with Crippen molar-refractivity contribution in [3.8, 4) is 11.5 Å². The minimum absolute atomic E-state index is 0.468. The van der Waals surface area contributed by atoms with Gasteiger partial charge in [-0.05, 0) is 24.6 Å². The van der Waals surface area contributed by atoms with Crippen LogP contribution in [0.3, 0.4) is 0 Å². The Morgan fingerprint density at radius 2 is 1.89 bits per heavy atom. The molecule has 3 heterocycles. The predicted octanol–water partition coefficient (Wildman–Crippen LogP) is 3.32. The fraction of sp³-hybridized carbons (Fsp3) is 0.200. The lowest BCUT2D eigenvalue weighted by Gasteiger charge is -2.20. The number of hydrogen-bond acceptors (Lipinski definition) is 6. The van der Waals surface area contributed by atoms with Crippen molar-refractivity contribution in [1.82, 2.24) is 24.7 Å². The fourth-order valence-corrected chi connectivity index (χ4v) is 2.98. The Kier molecular flexibility index (Phi) is 4.65. The van der Waals surface area contributed by atoms with Crippen LogP contribution in [-0.4, -0.2) is 31.7 Å². The highest BCUT2D eigenvalue weighted by Crippen LogP contribution is 2.27. The van der Waals surface area contributed by atoms with E-state index in [1.165, 1.54) is 5.56 Å². The second kappa shape index (κ2) is 7.41. The van der Waals surface area contributed by atoms with E-state index >= 15 is 0 Å². The van der Waals surface area contributed by atoms with Gasteiger partial charge in [0, 0.05) is 32.2 Å². The molecule has 1 aromatic carbocycles. The number of anilines is 1. The monoisotopic (exact) mass is 360 g/mol. The third-order valence-corrected chi connectivity index (χ3v) is 4.28. The molecule has 0 amide bonds. The highest BCUT2D eigenvalue weighted by atomic mass is 16.5. The molecule has 3 aromatic heterocycles. The van der Waals surface area contributed by atoms with Crippen molar-refractivity contribution in [2.45, 2.75) is 20.0 Å². The van der Waals surface area contributed by atoms with Crippen LogP contribution in [0.1, 0.15) is 17.2 Å². The topological polar surface area (TPSA) is 72.9 Å². The Morgan fingerprint density at radius 3 is 2.67 bits per heavy atom. The van der Waals surface area contributed by atoms with Gasteiger partial charge in [-0.3, -0.25) is 0 Å². The molecule has 0 unspecified atom stereocenters. The molecule has 27 heavy (non-hydrogen) atoms. The van der Waals surface area contributed by atoms with E-state index in [4.69, 9.17) is 4.52 Å². The number of imidazole rings is 1. The van der Waals surface area contributed by atoms with Gasteiger partial charge < -0.3 is 14.0 Å². The molecular weight excluding hydrogens is 340 g/mol. The van der Waals surface area contributed by atoms with Crippen LogP contribution in [-0.2, 0) is 13.1 Å². The summed E-state index contributed by atoms with van der Waals surface area (Å²) in [6.07, 6.45) is 5.58. The van der Waals surface area contributed by atoms with Crippen molar-refractivity contribution in [1.29, 1.82) is 0 Å². The number of rotatable bonds is 6. The molecule has 136 valence electrons. The van der Waals surface area contributed by atoms with Crippen molar-refractivity contribution < 1.29 is 4.52 Å². The van der Waals surface area contributed by atoms with Crippen LogP contribution in [0.4, 0.5) is 5.82 Å². The molecule has 0 bridgehead atoms. The number of nitrogens with zero attached hydrogens (tertiary/aromatic N) is 6. The maximum Gasteiger partial charge on any atom is 0.261 e. The smallest absolute Gasteiger partial charge is 0.261 e. The first kappa shape index (κ1) is 17.0. The average molecular weight is 360 g/mol. The predicted molar refractivity (Wildman–Crippen MR) is 102 cm³/mol. The highest BCUT2D eigenvalue weighted by molar-refractivity contribution is 5.69. The molecule has 0 aliphatic rings. The molecule has 4 aromatic rings. The van der Waals surface area contributed by atoms with Gasteiger partial charge >= 0.3 is 0 Å². The average Bonchev–Trinajstić information content (AvgIpc) is 3.32. The van der Waals surface area contributed by atoms with E-state index in [0.29, 0.717) is 18.3 Å². The van der Waals surface area contributed by atoms with E-state index in [1.54, 1.807) is 13.1 Å². The van der Waals surface area contributed by atoms with Crippen LogP contribution in [0.15, 0.2) is 65.6 Å². The van der Waals surface area contributed by atoms with Crippen LogP contribution >= 0.6 is 0 Å². The molecule has 0 saturated heterocycles. The van der Waals surface area contributed by atoms with Gasteiger partial charge in [0.2, 0.25) is 0 Å². The Balaban J connectivity index is 1.58. The Labute approximate surface area is 157 Å². The second-order valence-electron chi connectivity index (χ2n) is 6.33. The number of aryl methyl sites for hydroxylation is 1. The zero-order valence-corrected chi connectivity index (χ0v) is 15.3. The Hall–Kier alpha value is -3.48. The van der Waals surface area contributed by atoms with Crippen molar-refractivity contribution in [3.05, 3.63) is 78.3 Å². The summed E-state index contributed by atoms with van der Waals surface area (Å²) in [5.74, 6) is 2.80. The minimum atomic E-state index is 0.468. The summed E-state index contributed by atoms with van der Waals surface area (Å²) in [6, 6.07) is 14.1. The molecule has 0 atom stereocenters. The van der Waals surface area contributed by atoms with Crippen molar-refractivity contribution in [2.24, 2.45) is 0 Å². The summed E-state index contributed by atoms with van der Waals surface area (Å²) in [5.41, 5.74) is 2.04. The van der Waals surface area contributed by atoms with E-state index in [2.05, 4.69) is 36.8 Å². The first-order valence-electron chi connectivity index (χ1n) is 8.71. The van der Waals surface area contributed by atoms with Gasteiger partial charge in [-0.1, -0.05) is 35.5 Å². The Morgan fingerprint density at radius 1 is 1.04 bits per heavy atom. The largest absolute Gasteiger partial charge is 0.352 e. The SMILES string of the molecule is Cc1noc(-c2cccnc2N(C)Cc2nccn2Cc2ccccc2)n1. The lowest BCUT2D eigenvalue weighted by Crippen LogP contribution is -2.21. The quantitative estimate of drug-likeness (QED) is 0.525. The molecule has 7 heteroatoms. The summed E-state index contributed by atoms with van der Waals surface area (Å²) in [6.45, 7) is 3.19. The molecule has 0 fully saturated rings. The van der Waals surface area contributed by atoms with E-state index in [-0.39, 0.29) is 0 Å². The van der Waals surface area contributed by atoms with E-state index in [0.717, 1.165) is 23.8 Å². The van der Waals surface area contributed by atoms with Crippen molar-refractivity contribution in [2.75, 3.05) is 11.9 Å². The number of hydrogen-bond donors (Lipinski definition) is 0. The first-order chi connectivity index (χ1) is 13.2. The first-order valence-corrected chi connectivity index (χ1v) is 8.71. The second-order valence-corrected chi connectivity index (χ2v) is 6.33. The van der Waals surface area contributed by atoms with Gasteiger partial charge in [-0.15, -0.1) is 0 Å². The van der Waals surface area contributed by atoms with E-state index in [1.807, 2.05) is 54.7 Å². The summed E-state index contributed by atoms with van der Waals surface area (Å²) in [5, 5.41) is 3.88. The summed E-state index contributed by atoms with van der Waals surface area (Å²) >= 11 is 0. The molecule has 0 aliphatic carbocycles. The zero-order valence-electron chi connectivity index (χ0n) is 15.3. The standard InChI is InChI=1S/C20H20N6O/c1-15-23-20(27-24-15)17-9-6-10-22-19(17)25(2)14-18-21-11-12-26(18)13-16-7-4-3-5-8-16/h3-12H,13-14H2,1-2H3.